The summed E-state index contributed by atoms with van der Waals surface area (Å²) in [6, 6.07) is 3.73. The number of carbonyl (C=O) groups is 1. The third kappa shape index (κ3) is 3.04. The van der Waals surface area contributed by atoms with Gasteiger partial charge in [0, 0.05) is 18.8 Å². The summed E-state index contributed by atoms with van der Waals surface area (Å²) in [7, 11) is 0. The fourth-order valence-electron chi connectivity index (χ4n) is 2.39. The summed E-state index contributed by atoms with van der Waals surface area (Å²) in [4.78, 5) is 13.3. The van der Waals surface area contributed by atoms with Crippen molar-refractivity contribution in [1.29, 1.82) is 0 Å². The molecule has 0 spiro atoms. The second-order valence-electron chi connectivity index (χ2n) is 4.75. The zero-order valence-corrected chi connectivity index (χ0v) is 10.8. The van der Waals surface area contributed by atoms with Crippen LogP contribution in [0.5, 0.6) is 0 Å². The number of carbonyl (C=O) groups excluding carboxylic acids is 1. The summed E-state index contributed by atoms with van der Waals surface area (Å²) in [5.41, 5.74) is 0.819. The molecule has 110 valence electrons. The molecule has 2 rings (SSSR count). The van der Waals surface area contributed by atoms with E-state index in [2.05, 4.69) is 0 Å². The van der Waals surface area contributed by atoms with E-state index < -0.39 is 23.2 Å². The van der Waals surface area contributed by atoms with E-state index in [0.717, 1.165) is 38.4 Å². The Hall–Kier alpha value is -1.76. The predicted molar refractivity (Wildman–Crippen MR) is 69.2 cm³/mol. The maximum absolute atomic E-state index is 13.1. The lowest BCUT2D eigenvalue weighted by Gasteiger charge is -2.29. The van der Waals surface area contributed by atoms with E-state index >= 15 is 0 Å². The Morgan fingerprint density at radius 3 is 2.40 bits per heavy atom. The zero-order chi connectivity index (χ0) is 14.8. The van der Waals surface area contributed by atoms with E-state index in [1.165, 1.54) is 12.1 Å². The van der Waals surface area contributed by atoms with Crippen LogP contribution in [0.25, 0.3) is 0 Å². The molecule has 1 heterocycles. The van der Waals surface area contributed by atoms with Crippen LogP contribution in [0.15, 0.2) is 18.2 Å². The molecule has 20 heavy (non-hydrogen) atoms. The maximum atomic E-state index is 13.1. The van der Waals surface area contributed by atoms with Crippen LogP contribution in [0, 0.1) is 0 Å². The Labute approximate surface area is 114 Å². The van der Waals surface area contributed by atoms with Crippen LogP contribution in [0.1, 0.15) is 35.2 Å². The van der Waals surface area contributed by atoms with Gasteiger partial charge in [-0.05, 0) is 37.5 Å². The molecule has 0 atom stereocenters. The molecule has 1 aromatic carbocycles. The molecule has 1 aromatic rings. The van der Waals surface area contributed by atoms with Crippen molar-refractivity contribution in [1.82, 2.24) is 5.43 Å². The highest BCUT2D eigenvalue weighted by molar-refractivity contribution is 5.96. The summed E-state index contributed by atoms with van der Waals surface area (Å²) in [5.74, 6) is 3.98. The van der Waals surface area contributed by atoms with E-state index in [-0.39, 0.29) is 0 Å². The summed E-state index contributed by atoms with van der Waals surface area (Å²) in [6.45, 7) is 1.47. The molecule has 1 aliphatic rings. The number of hydrogen-bond donors (Lipinski definition) is 2. The van der Waals surface area contributed by atoms with Gasteiger partial charge in [-0.15, -0.1) is 0 Å². The van der Waals surface area contributed by atoms with E-state index in [1.807, 2.05) is 4.90 Å². The van der Waals surface area contributed by atoms with E-state index in [9.17, 15) is 18.0 Å². The SMILES string of the molecule is NNC(=O)c1ccc(N2CCCCC2)cc1C(F)(F)F. The van der Waals surface area contributed by atoms with Crippen molar-refractivity contribution in [3.63, 3.8) is 0 Å². The molecule has 0 radical (unpaired) electrons. The third-order valence-corrected chi connectivity index (χ3v) is 3.41. The number of amides is 1. The number of halogens is 3. The Bertz CT molecular complexity index is 496. The van der Waals surface area contributed by atoms with Gasteiger partial charge in [-0.25, -0.2) is 5.84 Å². The van der Waals surface area contributed by atoms with E-state index in [4.69, 9.17) is 5.84 Å². The Morgan fingerprint density at radius 1 is 1.20 bits per heavy atom. The first-order valence-corrected chi connectivity index (χ1v) is 6.40. The number of nitrogens with two attached hydrogens (primary N) is 1. The smallest absolute Gasteiger partial charge is 0.372 e. The fourth-order valence-corrected chi connectivity index (χ4v) is 2.39. The Morgan fingerprint density at radius 2 is 1.85 bits per heavy atom. The minimum Gasteiger partial charge on any atom is -0.372 e. The molecule has 0 aromatic heterocycles. The number of hydrazine groups is 1. The Kier molecular flexibility index (Phi) is 4.17. The van der Waals surface area contributed by atoms with Gasteiger partial charge in [0.2, 0.25) is 0 Å². The molecule has 0 unspecified atom stereocenters. The Balaban J connectivity index is 2.40. The average molecular weight is 287 g/mol. The molecular weight excluding hydrogens is 271 g/mol. The standard InChI is InChI=1S/C13H16F3N3O/c14-13(15,16)11-8-9(19-6-2-1-3-7-19)4-5-10(11)12(20)18-17/h4-5,8H,1-3,6-7,17H2,(H,18,20). The lowest BCUT2D eigenvalue weighted by molar-refractivity contribution is -0.137. The molecule has 7 heteroatoms. The minimum absolute atomic E-state index is 0.458. The van der Waals surface area contributed by atoms with E-state index in [0.29, 0.717) is 5.69 Å². The van der Waals surface area contributed by atoms with Crippen LogP contribution in [-0.4, -0.2) is 19.0 Å². The van der Waals surface area contributed by atoms with Crippen molar-refractivity contribution in [2.24, 2.45) is 5.84 Å². The number of hydrogen-bond acceptors (Lipinski definition) is 3. The average Bonchev–Trinajstić information content (AvgIpc) is 2.46. The fraction of sp³-hybridized carbons (Fsp3) is 0.462. The van der Waals surface area contributed by atoms with Gasteiger partial charge >= 0.3 is 6.18 Å². The second kappa shape index (κ2) is 5.70. The molecule has 1 saturated heterocycles. The number of alkyl halides is 3. The molecule has 1 amide bonds. The van der Waals surface area contributed by atoms with Gasteiger partial charge in [-0.1, -0.05) is 0 Å². The first-order valence-electron chi connectivity index (χ1n) is 6.40. The third-order valence-electron chi connectivity index (χ3n) is 3.41. The molecule has 1 fully saturated rings. The molecule has 0 aliphatic carbocycles. The number of benzene rings is 1. The van der Waals surface area contributed by atoms with Crippen LogP contribution >= 0.6 is 0 Å². The van der Waals surface area contributed by atoms with Crippen LogP contribution in [-0.2, 0) is 6.18 Å². The highest BCUT2D eigenvalue weighted by Gasteiger charge is 2.35. The van der Waals surface area contributed by atoms with Crippen molar-refractivity contribution < 1.29 is 18.0 Å². The van der Waals surface area contributed by atoms with Crippen molar-refractivity contribution in [2.75, 3.05) is 18.0 Å². The predicted octanol–water partition coefficient (Wildman–Crippen LogP) is 2.30. The van der Waals surface area contributed by atoms with Crippen molar-refractivity contribution >= 4 is 11.6 Å². The van der Waals surface area contributed by atoms with Gasteiger partial charge in [0.15, 0.2) is 0 Å². The zero-order valence-electron chi connectivity index (χ0n) is 10.8. The van der Waals surface area contributed by atoms with E-state index in [1.54, 1.807) is 5.43 Å². The molecular formula is C13H16F3N3O. The highest BCUT2D eigenvalue weighted by atomic mass is 19.4. The van der Waals surface area contributed by atoms with Gasteiger partial charge < -0.3 is 4.90 Å². The van der Waals surface area contributed by atoms with Crippen molar-refractivity contribution in [3.8, 4) is 0 Å². The number of piperidine rings is 1. The quantitative estimate of drug-likeness (QED) is 0.498. The van der Waals surface area contributed by atoms with Crippen molar-refractivity contribution in [3.05, 3.63) is 29.3 Å². The van der Waals surface area contributed by atoms with Gasteiger partial charge in [0.05, 0.1) is 11.1 Å². The highest BCUT2D eigenvalue weighted by Crippen LogP contribution is 2.35. The molecule has 0 bridgehead atoms. The van der Waals surface area contributed by atoms with Gasteiger partial charge in [0.25, 0.3) is 5.91 Å². The van der Waals surface area contributed by atoms with Gasteiger partial charge in [-0.3, -0.25) is 10.2 Å². The summed E-state index contributed by atoms with van der Waals surface area (Å²) in [6.07, 6.45) is -1.57. The number of anilines is 1. The number of rotatable bonds is 2. The normalized spacial score (nSPS) is 16.1. The topological polar surface area (TPSA) is 58.4 Å². The monoisotopic (exact) mass is 287 g/mol. The lowest BCUT2D eigenvalue weighted by Crippen LogP contribution is -2.33. The maximum Gasteiger partial charge on any atom is 0.417 e. The van der Waals surface area contributed by atoms with Crippen LogP contribution < -0.4 is 16.2 Å². The second-order valence-corrected chi connectivity index (χ2v) is 4.75. The van der Waals surface area contributed by atoms with Crippen LogP contribution in [0.3, 0.4) is 0 Å². The molecule has 1 aliphatic heterocycles. The molecule has 0 saturated carbocycles. The number of nitrogens with zero attached hydrogens (tertiary/aromatic N) is 1. The summed E-state index contributed by atoms with van der Waals surface area (Å²) in [5, 5.41) is 0. The summed E-state index contributed by atoms with van der Waals surface area (Å²) < 4.78 is 39.2. The first kappa shape index (κ1) is 14.6. The van der Waals surface area contributed by atoms with Crippen LogP contribution in [0.2, 0.25) is 0 Å². The first-order chi connectivity index (χ1) is 9.43. The number of nitrogen functional groups attached to an aromatic ring is 1. The lowest BCUT2D eigenvalue weighted by atomic mass is 10.0. The minimum atomic E-state index is -4.59. The largest absolute Gasteiger partial charge is 0.417 e. The molecule has 4 nitrogen and oxygen atoms in total. The van der Waals surface area contributed by atoms with Crippen LogP contribution in [0.4, 0.5) is 18.9 Å². The summed E-state index contributed by atoms with van der Waals surface area (Å²) >= 11 is 0. The molecule has 3 N–H and O–H groups in total. The van der Waals surface area contributed by atoms with Crippen molar-refractivity contribution in [2.45, 2.75) is 25.4 Å². The van der Waals surface area contributed by atoms with Gasteiger partial charge in [0.1, 0.15) is 0 Å². The van der Waals surface area contributed by atoms with Gasteiger partial charge in [-0.2, -0.15) is 13.2 Å². The number of nitrogens with one attached hydrogen (secondary N) is 1.